The Morgan fingerprint density at radius 2 is 1.74 bits per heavy atom. The molecular formula is C44H46ClN9O7. The Labute approximate surface area is 357 Å². The third-order valence-corrected chi connectivity index (χ3v) is 13.3. The molecule has 5 aliphatic rings. The van der Waals surface area contributed by atoms with Crippen molar-refractivity contribution in [2.75, 3.05) is 44.2 Å². The van der Waals surface area contributed by atoms with Crippen molar-refractivity contribution in [3.8, 4) is 17.6 Å². The van der Waals surface area contributed by atoms with E-state index in [-0.39, 0.29) is 47.6 Å². The molecular weight excluding hydrogens is 802 g/mol. The number of halogens is 1. The molecule has 2 aromatic carbocycles. The summed E-state index contributed by atoms with van der Waals surface area (Å²) in [7, 11) is 0. The van der Waals surface area contributed by atoms with Crippen LogP contribution in [0.1, 0.15) is 95.2 Å². The largest absolute Gasteiger partial charge is 0.492 e. The normalized spacial score (nSPS) is 22.5. The van der Waals surface area contributed by atoms with Gasteiger partial charge in [0.1, 0.15) is 35.9 Å². The lowest BCUT2D eigenvalue weighted by molar-refractivity contribution is -0.136. The molecule has 4 fully saturated rings. The van der Waals surface area contributed by atoms with Crippen molar-refractivity contribution >= 4 is 57.9 Å². The van der Waals surface area contributed by atoms with E-state index in [2.05, 4.69) is 36.7 Å². The summed E-state index contributed by atoms with van der Waals surface area (Å²) in [6.45, 7) is 7.30. The molecule has 5 amide bonds. The van der Waals surface area contributed by atoms with E-state index in [4.69, 9.17) is 26.3 Å². The van der Waals surface area contributed by atoms with Crippen LogP contribution in [-0.2, 0) is 16.1 Å². The number of piperidine rings is 2. The number of nitrogens with zero attached hydrogens (tertiary/aromatic N) is 7. The molecule has 3 saturated heterocycles. The molecule has 6 heterocycles. The monoisotopic (exact) mass is 847 g/mol. The first-order valence-corrected chi connectivity index (χ1v) is 21.4. The summed E-state index contributed by atoms with van der Waals surface area (Å²) in [4.78, 5) is 70.0. The maximum atomic E-state index is 13.6. The molecule has 16 nitrogen and oxygen atoms in total. The predicted molar refractivity (Wildman–Crippen MR) is 222 cm³/mol. The number of hydrogen-bond acceptors (Lipinski definition) is 12. The van der Waals surface area contributed by atoms with Crippen LogP contribution in [0.15, 0.2) is 48.5 Å². The highest BCUT2D eigenvalue weighted by atomic mass is 35.5. The summed E-state index contributed by atoms with van der Waals surface area (Å²) in [5.74, 6) is -0.247. The summed E-state index contributed by atoms with van der Waals surface area (Å²) in [5, 5.41) is 24.1. The first kappa shape index (κ1) is 40.4. The molecule has 9 rings (SSSR count). The molecule has 1 saturated carbocycles. The van der Waals surface area contributed by atoms with E-state index in [9.17, 15) is 24.0 Å². The molecule has 0 bridgehead atoms. The number of rotatable bonds is 11. The lowest BCUT2D eigenvalue weighted by Gasteiger charge is -2.54. The van der Waals surface area contributed by atoms with E-state index >= 15 is 0 Å². The van der Waals surface area contributed by atoms with Crippen molar-refractivity contribution in [3.05, 3.63) is 76.1 Å². The third kappa shape index (κ3) is 7.76. The fourth-order valence-electron chi connectivity index (χ4n) is 9.56. The Morgan fingerprint density at radius 3 is 2.43 bits per heavy atom. The van der Waals surface area contributed by atoms with E-state index in [0.29, 0.717) is 46.3 Å². The smallest absolute Gasteiger partial charge is 0.278 e. The lowest BCUT2D eigenvalue weighted by atomic mass is 9.72. The average molecular weight is 848 g/mol. The fraction of sp³-hybridized carbons (Fsp3) is 0.455. The van der Waals surface area contributed by atoms with Gasteiger partial charge >= 0.3 is 0 Å². The minimum Gasteiger partial charge on any atom is -0.492 e. The van der Waals surface area contributed by atoms with Crippen molar-refractivity contribution in [2.24, 2.45) is 5.41 Å². The average Bonchev–Trinajstić information content (AvgIpc) is 3.71. The topological polar surface area (TPSA) is 192 Å². The predicted octanol–water partition coefficient (Wildman–Crippen LogP) is 4.48. The van der Waals surface area contributed by atoms with Gasteiger partial charge in [-0.15, -0.1) is 10.2 Å². The number of aryl methyl sites for hydroxylation is 1. The lowest BCUT2D eigenvalue weighted by Crippen LogP contribution is -2.61. The molecule has 1 atom stereocenters. The van der Waals surface area contributed by atoms with E-state index < -0.39 is 29.7 Å². The van der Waals surface area contributed by atoms with E-state index in [0.717, 1.165) is 87.5 Å². The molecule has 316 valence electrons. The fourth-order valence-corrected chi connectivity index (χ4v) is 9.77. The maximum Gasteiger partial charge on any atom is 0.278 e. The van der Waals surface area contributed by atoms with Gasteiger partial charge in [0.2, 0.25) is 11.8 Å². The number of nitriles is 1. The molecule has 17 heteroatoms. The van der Waals surface area contributed by atoms with Crippen LogP contribution in [0.3, 0.4) is 0 Å². The van der Waals surface area contributed by atoms with Gasteiger partial charge in [-0.2, -0.15) is 5.26 Å². The number of imide groups is 2. The molecule has 4 aliphatic heterocycles. The molecule has 1 aliphatic carbocycles. The zero-order chi connectivity index (χ0) is 42.4. The van der Waals surface area contributed by atoms with Gasteiger partial charge < -0.3 is 24.3 Å². The van der Waals surface area contributed by atoms with Crippen molar-refractivity contribution in [1.82, 2.24) is 35.2 Å². The Balaban J connectivity index is 0.709. The quantitative estimate of drug-likeness (QED) is 0.202. The van der Waals surface area contributed by atoms with Crippen molar-refractivity contribution in [2.45, 2.75) is 83.0 Å². The maximum absolute atomic E-state index is 13.6. The van der Waals surface area contributed by atoms with Gasteiger partial charge in [0, 0.05) is 61.6 Å². The minimum absolute atomic E-state index is 0.0162. The summed E-state index contributed by atoms with van der Waals surface area (Å²) < 4.78 is 14.1. The second-order valence-electron chi connectivity index (χ2n) is 16.7. The zero-order valence-electron chi connectivity index (χ0n) is 33.8. The highest BCUT2D eigenvalue weighted by molar-refractivity contribution is 6.32. The summed E-state index contributed by atoms with van der Waals surface area (Å²) in [5.41, 5.74) is 2.21. The number of carbonyl (C=O) groups is 5. The molecule has 1 spiro atoms. The third-order valence-electron chi connectivity index (χ3n) is 13.0. The van der Waals surface area contributed by atoms with Crippen molar-refractivity contribution in [3.63, 3.8) is 0 Å². The second kappa shape index (κ2) is 16.4. The molecule has 1 unspecified atom stereocenters. The van der Waals surface area contributed by atoms with Crippen LogP contribution in [0.4, 0.5) is 5.82 Å². The first-order chi connectivity index (χ1) is 29.5. The van der Waals surface area contributed by atoms with Crippen LogP contribution in [0, 0.1) is 16.7 Å². The Morgan fingerprint density at radius 1 is 0.967 bits per heavy atom. The number of carbonyl (C=O) groups excluding carboxylic acids is 5. The number of likely N-dealkylation sites (tertiary alicyclic amines) is 1. The van der Waals surface area contributed by atoms with Crippen LogP contribution in [-0.4, -0.2) is 112 Å². The molecule has 2 N–H and O–H groups in total. The Kier molecular flexibility index (Phi) is 10.9. The van der Waals surface area contributed by atoms with Crippen LogP contribution in [0.2, 0.25) is 5.02 Å². The van der Waals surface area contributed by atoms with Crippen LogP contribution < -0.4 is 25.0 Å². The summed E-state index contributed by atoms with van der Waals surface area (Å²) in [6.07, 6.45) is 5.46. The molecule has 0 radical (unpaired) electrons. The number of hydrogen-bond donors (Lipinski definition) is 2. The highest BCUT2D eigenvalue weighted by Crippen LogP contribution is 2.42. The number of amides is 5. The van der Waals surface area contributed by atoms with Gasteiger partial charge in [-0.3, -0.25) is 39.1 Å². The number of aromatic nitrogens is 3. The van der Waals surface area contributed by atoms with Crippen LogP contribution in [0.25, 0.3) is 10.9 Å². The molecule has 4 aromatic rings. The van der Waals surface area contributed by atoms with E-state index in [1.165, 1.54) is 0 Å². The number of ether oxygens (including phenoxy) is 2. The Hall–Kier alpha value is -6.05. The van der Waals surface area contributed by atoms with Crippen molar-refractivity contribution < 1.29 is 33.4 Å². The Bertz CT molecular complexity index is 2460. The van der Waals surface area contributed by atoms with Crippen molar-refractivity contribution in [1.29, 1.82) is 5.26 Å². The van der Waals surface area contributed by atoms with Gasteiger partial charge in [0.05, 0.1) is 27.8 Å². The van der Waals surface area contributed by atoms with Gasteiger partial charge in [-0.1, -0.05) is 11.6 Å². The van der Waals surface area contributed by atoms with Crippen LogP contribution in [0.5, 0.6) is 11.5 Å². The number of nitrogens with one attached hydrogen (secondary N) is 2. The number of benzene rings is 2. The second-order valence-corrected chi connectivity index (χ2v) is 17.1. The number of fused-ring (bicyclic) bond motifs is 3. The molecule has 2 aromatic heterocycles. The minimum atomic E-state index is -1.01. The molecule has 61 heavy (non-hydrogen) atoms. The van der Waals surface area contributed by atoms with E-state index in [1.807, 2.05) is 25.1 Å². The van der Waals surface area contributed by atoms with Gasteiger partial charge in [-0.25, -0.2) is 0 Å². The van der Waals surface area contributed by atoms with Crippen LogP contribution >= 0.6 is 11.6 Å². The van der Waals surface area contributed by atoms with Gasteiger partial charge in [0.15, 0.2) is 11.5 Å². The van der Waals surface area contributed by atoms with Gasteiger partial charge in [0.25, 0.3) is 17.7 Å². The van der Waals surface area contributed by atoms with Gasteiger partial charge in [-0.05, 0) is 101 Å². The van der Waals surface area contributed by atoms with E-state index in [1.54, 1.807) is 34.9 Å². The summed E-state index contributed by atoms with van der Waals surface area (Å²) >= 11 is 6.15. The number of anilines is 1. The highest BCUT2D eigenvalue weighted by Gasteiger charge is 2.48. The first-order valence-electron chi connectivity index (χ1n) is 21.0. The SMILES string of the molecule is CCn1c2c(c3ccc(OCCN4CCC5(CC4)CN(c4ccc(C(=O)NC6CCC(Oc7ccc(C#N)c(Cl)c7)CC6)nn4)C5)cc31)C(=O)N(C1CCC(=O)NC1=O)C2=O. The zero-order valence-corrected chi connectivity index (χ0v) is 34.6. The standard InChI is InChI=1S/C44H46ClN9O7/c1-2-53-35-22-29(9-10-31(35)38-39(53)43(59)54(42(38)58)34-12-14-37(55)48-41(34)57)60-20-19-51-17-15-44(16-18-51)24-52(25-44)36-13-11-33(49-50-36)40(56)47-27-4-7-28(8-5-27)61-30-6-3-26(23-46)32(45)21-30/h3,6,9-11,13,21-22,27-28,34H,2,4-5,7-8,12,14-20,24-25H2,1H3,(H,47,56)(H,48,55,57). The summed E-state index contributed by atoms with van der Waals surface area (Å²) in [6, 6.07) is 15.3.